The van der Waals surface area contributed by atoms with Crippen molar-refractivity contribution >= 4 is 18.7 Å². The van der Waals surface area contributed by atoms with Gasteiger partial charge in [-0.2, -0.15) is 0 Å². The first-order valence-corrected chi connectivity index (χ1v) is 7.23. The SMILES string of the molecule is CC(C)(C)OC(=O)N1CCC[C@H]1c1ccc(B(O)O)cc1. The smallest absolute Gasteiger partial charge is 0.444 e. The Morgan fingerprint density at radius 1 is 1.29 bits per heavy atom. The molecule has 1 atom stereocenters. The van der Waals surface area contributed by atoms with E-state index in [0.29, 0.717) is 12.0 Å². The summed E-state index contributed by atoms with van der Waals surface area (Å²) < 4.78 is 5.44. The second-order valence-corrected chi connectivity index (χ2v) is 6.37. The number of likely N-dealkylation sites (tertiary alicyclic amines) is 1. The maximum atomic E-state index is 12.2. The molecule has 1 saturated heterocycles. The largest absolute Gasteiger partial charge is 0.488 e. The first kappa shape index (κ1) is 15.9. The molecule has 1 aliphatic heterocycles. The van der Waals surface area contributed by atoms with E-state index in [1.54, 1.807) is 17.0 Å². The highest BCUT2D eigenvalue weighted by Crippen LogP contribution is 2.32. The number of carbonyl (C=O) groups is 1. The van der Waals surface area contributed by atoms with Crippen LogP contribution in [0.3, 0.4) is 0 Å². The Bertz CT molecular complexity index is 495. The molecule has 1 fully saturated rings. The van der Waals surface area contributed by atoms with E-state index in [1.165, 1.54) is 0 Å². The number of hydrogen-bond donors (Lipinski definition) is 2. The fourth-order valence-electron chi connectivity index (χ4n) is 2.54. The number of rotatable bonds is 2. The van der Waals surface area contributed by atoms with E-state index in [0.717, 1.165) is 18.4 Å². The second-order valence-electron chi connectivity index (χ2n) is 6.37. The monoisotopic (exact) mass is 291 g/mol. The lowest BCUT2D eigenvalue weighted by Crippen LogP contribution is -2.36. The van der Waals surface area contributed by atoms with Crippen LogP contribution >= 0.6 is 0 Å². The minimum Gasteiger partial charge on any atom is -0.444 e. The van der Waals surface area contributed by atoms with E-state index < -0.39 is 12.7 Å². The van der Waals surface area contributed by atoms with Crippen molar-refractivity contribution in [2.24, 2.45) is 0 Å². The Morgan fingerprint density at radius 3 is 2.43 bits per heavy atom. The quantitative estimate of drug-likeness (QED) is 0.809. The van der Waals surface area contributed by atoms with Gasteiger partial charge in [0.25, 0.3) is 0 Å². The molecule has 0 saturated carbocycles. The highest BCUT2D eigenvalue weighted by Gasteiger charge is 2.33. The lowest BCUT2D eigenvalue weighted by atomic mass is 9.80. The number of benzene rings is 1. The molecule has 0 radical (unpaired) electrons. The molecule has 114 valence electrons. The lowest BCUT2D eigenvalue weighted by molar-refractivity contribution is 0.0224. The van der Waals surface area contributed by atoms with Crippen molar-refractivity contribution in [3.8, 4) is 0 Å². The van der Waals surface area contributed by atoms with Gasteiger partial charge in [0.15, 0.2) is 0 Å². The molecule has 1 aliphatic rings. The Kier molecular flexibility index (Phi) is 4.59. The minimum atomic E-state index is -1.47. The zero-order chi connectivity index (χ0) is 15.6. The maximum absolute atomic E-state index is 12.2. The van der Waals surface area contributed by atoms with E-state index >= 15 is 0 Å². The van der Waals surface area contributed by atoms with Gasteiger partial charge in [-0.1, -0.05) is 24.3 Å². The van der Waals surface area contributed by atoms with Crippen molar-refractivity contribution in [1.82, 2.24) is 4.90 Å². The maximum Gasteiger partial charge on any atom is 0.488 e. The van der Waals surface area contributed by atoms with Gasteiger partial charge in [0, 0.05) is 6.54 Å². The number of amides is 1. The van der Waals surface area contributed by atoms with Crippen molar-refractivity contribution < 1.29 is 19.6 Å². The van der Waals surface area contributed by atoms with Crippen LogP contribution in [0.4, 0.5) is 4.79 Å². The molecule has 2 rings (SSSR count). The average molecular weight is 291 g/mol. The first-order valence-electron chi connectivity index (χ1n) is 7.23. The highest BCUT2D eigenvalue weighted by atomic mass is 16.6. The zero-order valence-corrected chi connectivity index (χ0v) is 12.7. The molecule has 6 heteroatoms. The Morgan fingerprint density at radius 2 is 1.90 bits per heavy atom. The topological polar surface area (TPSA) is 70.0 Å². The van der Waals surface area contributed by atoms with Crippen LogP contribution in [0.25, 0.3) is 0 Å². The van der Waals surface area contributed by atoms with E-state index in [-0.39, 0.29) is 12.1 Å². The Labute approximate surface area is 125 Å². The molecule has 21 heavy (non-hydrogen) atoms. The predicted molar refractivity (Wildman–Crippen MR) is 81.2 cm³/mol. The van der Waals surface area contributed by atoms with Crippen molar-refractivity contribution in [3.63, 3.8) is 0 Å². The molecule has 1 heterocycles. The summed E-state index contributed by atoms with van der Waals surface area (Å²) in [6.07, 6.45) is 1.53. The average Bonchev–Trinajstić information content (AvgIpc) is 2.86. The van der Waals surface area contributed by atoms with E-state index in [9.17, 15) is 4.79 Å². The Hall–Kier alpha value is -1.53. The number of carbonyl (C=O) groups excluding carboxylic acids is 1. The molecule has 0 bridgehead atoms. The minimum absolute atomic E-state index is 0.00950. The van der Waals surface area contributed by atoms with Crippen LogP contribution in [0.1, 0.15) is 45.2 Å². The summed E-state index contributed by atoms with van der Waals surface area (Å²) in [6, 6.07) is 7.01. The van der Waals surface area contributed by atoms with Gasteiger partial charge >= 0.3 is 13.2 Å². The van der Waals surface area contributed by atoms with Gasteiger partial charge in [0.05, 0.1) is 6.04 Å². The van der Waals surface area contributed by atoms with Gasteiger partial charge in [0.1, 0.15) is 5.60 Å². The summed E-state index contributed by atoms with van der Waals surface area (Å²) in [6.45, 7) is 6.25. The van der Waals surface area contributed by atoms with Gasteiger partial charge in [-0.15, -0.1) is 0 Å². The molecule has 1 amide bonds. The molecule has 0 aromatic heterocycles. The fourth-order valence-corrected chi connectivity index (χ4v) is 2.54. The third-order valence-electron chi connectivity index (χ3n) is 3.50. The summed E-state index contributed by atoms with van der Waals surface area (Å²) in [5.74, 6) is 0. The molecule has 5 nitrogen and oxygen atoms in total. The third-order valence-corrected chi connectivity index (χ3v) is 3.50. The number of ether oxygens (including phenoxy) is 1. The highest BCUT2D eigenvalue weighted by molar-refractivity contribution is 6.58. The summed E-state index contributed by atoms with van der Waals surface area (Å²) in [5.41, 5.74) is 0.929. The summed E-state index contributed by atoms with van der Waals surface area (Å²) >= 11 is 0. The number of nitrogens with zero attached hydrogens (tertiary/aromatic N) is 1. The summed E-state index contributed by atoms with van der Waals surface area (Å²) in [7, 11) is -1.47. The predicted octanol–water partition coefficient (Wildman–Crippen LogP) is 1.44. The van der Waals surface area contributed by atoms with Gasteiger partial charge in [-0.05, 0) is 44.6 Å². The molecule has 0 aliphatic carbocycles. The van der Waals surface area contributed by atoms with Gasteiger partial charge < -0.3 is 19.7 Å². The Balaban J connectivity index is 2.13. The van der Waals surface area contributed by atoms with E-state index in [2.05, 4.69) is 0 Å². The van der Waals surface area contributed by atoms with Gasteiger partial charge in [-0.25, -0.2) is 4.79 Å². The molecule has 0 unspecified atom stereocenters. The lowest BCUT2D eigenvalue weighted by Gasteiger charge is -2.29. The molecule has 2 N–H and O–H groups in total. The summed E-state index contributed by atoms with van der Waals surface area (Å²) in [4.78, 5) is 14.0. The van der Waals surface area contributed by atoms with Crippen LogP contribution in [0.15, 0.2) is 24.3 Å². The van der Waals surface area contributed by atoms with Crippen molar-refractivity contribution in [1.29, 1.82) is 0 Å². The molecular weight excluding hydrogens is 269 g/mol. The standard InChI is InChI=1S/C15H22BNO4/c1-15(2,3)21-14(18)17-10-4-5-13(17)11-6-8-12(9-7-11)16(19)20/h6-9,13,19-20H,4-5,10H2,1-3H3/t13-/m0/s1. The zero-order valence-electron chi connectivity index (χ0n) is 12.7. The van der Waals surface area contributed by atoms with Crippen LogP contribution < -0.4 is 5.46 Å². The molecule has 0 spiro atoms. The van der Waals surface area contributed by atoms with Crippen LogP contribution in [0.2, 0.25) is 0 Å². The normalized spacial score (nSPS) is 18.7. The van der Waals surface area contributed by atoms with Crippen LogP contribution in [0.5, 0.6) is 0 Å². The van der Waals surface area contributed by atoms with Gasteiger partial charge in [-0.3, -0.25) is 0 Å². The second kappa shape index (κ2) is 6.07. The van der Waals surface area contributed by atoms with Gasteiger partial charge in [0.2, 0.25) is 0 Å². The first-order chi connectivity index (χ1) is 9.78. The van der Waals surface area contributed by atoms with E-state index in [4.69, 9.17) is 14.8 Å². The van der Waals surface area contributed by atoms with Crippen molar-refractivity contribution in [2.75, 3.05) is 6.54 Å². The van der Waals surface area contributed by atoms with Crippen molar-refractivity contribution in [2.45, 2.75) is 45.3 Å². The van der Waals surface area contributed by atoms with E-state index in [1.807, 2.05) is 32.9 Å². The van der Waals surface area contributed by atoms with Crippen LogP contribution in [0, 0.1) is 0 Å². The molecule has 1 aromatic carbocycles. The third kappa shape index (κ3) is 3.98. The fraction of sp³-hybridized carbons (Fsp3) is 0.533. The molecule has 1 aromatic rings. The van der Waals surface area contributed by atoms with Crippen molar-refractivity contribution in [3.05, 3.63) is 29.8 Å². The molecular formula is C15H22BNO4. The number of hydrogen-bond acceptors (Lipinski definition) is 4. The van der Waals surface area contributed by atoms with Crippen LogP contribution in [-0.4, -0.2) is 40.3 Å². The van der Waals surface area contributed by atoms with Crippen LogP contribution in [-0.2, 0) is 4.74 Å². The summed E-state index contributed by atoms with van der Waals surface area (Å²) in [5, 5.41) is 18.2.